The molecule has 0 aromatic carbocycles. The lowest BCUT2D eigenvalue weighted by molar-refractivity contribution is 0.226. The number of hydrogen-bond donors (Lipinski definition) is 2. The van der Waals surface area contributed by atoms with E-state index >= 15 is 0 Å². The summed E-state index contributed by atoms with van der Waals surface area (Å²) in [5, 5.41) is 10.3. The van der Waals surface area contributed by atoms with Crippen LogP contribution in [-0.4, -0.2) is 47.4 Å². The van der Waals surface area contributed by atoms with Crippen molar-refractivity contribution in [3.63, 3.8) is 0 Å². The fourth-order valence-electron chi connectivity index (χ4n) is 2.98. The lowest BCUT2D eigenvalue weighted by atomic mass is 10.1. The van der Waals surface area contributed by atoms with Crippen molar-refractivity contribution in [2.75, 3.05) is 20.6 Å². The Morgan fingerprint density at radius 2 is 2.29 bits per heavy atom. The van der Waals surface area contributed by atoms with Crippen molar-refractivity contribution in [2.24, 2.45) is 13.0 Å². The van der Waals surface area contributed by atoms with Crippen molar-refractivity contribution in [1.29, 1.82) is 0 Å². The van der Waals surface area contributed by atoms with Gasteiger partial charge in [0.1, 0.15) is 0 Å². The van der Waals surface area contributed by atoms with Gasteiger partial charge in [-0.25, -0.2) is 4.79 Å². The Morgan fingerprint density at radius 3 is 2.81 bits per heavy atom. The number of aryl methyl sites for hydroxylation is 1. The van der Waals surface area contributed by atoms with E-state index in [0.29, 0.717) is 18.5 Å². The third-order valence-electron chi connectivity index (χ3n) is 4.37. The van der Waals surface area contributed by atoms with Crippen molar-refractivity contribution < 1.29 is 4.79 Å². The van der Waals surface area contributed by atoms with Crippen molar-refractivity contribution in [3.05, 3.63) is 18.0 Å². The molecule has 6 heteroatoms. The van der Waals surface area contributed by atoms with Gasteiger partial charge in [0.25, 0.3) is 0 Å². The molecule has 6 nitrogen and oxygen atoms in total. The second-order valence-corrected chi connectivity index (χ2v) is 6.30. The van der Waals surface area contributed by atoms with Crippen LogP contribution in [0, 0.1) is 5.92 Å². The number of carbonyl (C=O) groups is 1. The van der Waals surface area contributed by atoms with Crippen molar-refractivity contribution in [1.82, 2.24) is 25.3 Å². The molecule has 3 atom stereocenters. The number of urea groups is 1. The van der Waals surface area contributed by atoms with E-state index in [0.717, 1.165) is 12.0 Å². The van der Waals surface area contributed by atoms with E-state index in [1.165, 1.54) is 12.8 Å². The summed E-state index contributed by atoms with van der Waals surface area (Å²) in [6.45, 7) is 2.78. The Labute approximate surface area is 126 Å². The third kappa shape index (κ3) is 4.20. The Hall–Kier alpha value is -1.56. The number of nitrogens with one attached hydrogen (secondary N) is 2. The Morgan fingerprint density at radius 1 is 1.52 bits per heavy atom. The first-order valence-electron chi connectivity index (χ1n) is 7.66. The smallest absolute Gasteiger partial charge is 0.315 e. The molecule has 0 radical (unpaired) electrons. The van der Waals surface area contributed by atoms with Crippen LogP contribution in [0.25, 0.3) is 0 Å². The predicted octanol–water partition coefficient (Wildman–Crippen LogP) is 1.51. The molecule has 1 saturated carbocycles. The highest BCUT2D eigenvalue weighted by atomic mass is 16.2. The minimum absolute atomic E-state index is 0.0653. The van der Waals surface area contributed by atoms with Gasteiger partial charge in [0.2, 0.25) is 0 Å². The summed E-state index contributed by atoms with van der Waals surface area (Å²) in [4.78, 5) is 14.1. The normalized spacial score (nSPS) is 23.3. The summed E-state index contributed by atoms with van der Waals surface area (Å²) < 4.78 is 1.78. The van der Waals surface area contributed by atoms with Crippen LogP contribution >= 0.6 is 0 Å². The van der Waals surface area contributed by atoms with Gasteiger partial charge in [0.05, 0.1) is 12.2 Å². The number of nitrogens with zero attached hydrogens (tertiary/aromatic N) is 3. The second-order valence-electron chi connectivity index (χ2n) is 6.30. The van der Waals surface area contributed by atoms with Gasteiger partial charge >= 0.3 is 6.03 Å². The highest BCUT2D eigenvalue weighted by Gasteiger charge is 2.25. The summed E-state index contributed by atoms with van der Waals surface area (Å²) in [5.74, 6) is 0.582. The highest BCUT2D eigenvalue weighted by molar-refractivity contribution is 5.74. The lowest BCUT2D eigenvalue weighted by Crippen LogP contribution is -2.45. The topological polar surface area (TPSA) is 62.2 Å². The quantitative estimate of drug-likeness (QED) is 0.865. The largest absolute Gasteiger partial charge is 0.336 e. The number of rotatable bonds is 5. The number of carbonyl (C=O) groups excluding carboxylic acids is 1. The molecule has 0 unspecified atom stereocenters. The number of aromatic nitrogens is 2. The van der Waals surface area contributed by atoms with Crippen LogP contribution in [0.1, 0.15) is 37.8 Å². The van der Waals surface area contributed by atoms with Crippen LogP contribution in [0.3, 0.4) is 0 Å². The maximum atomic E-state index is 12.0. The van der Waals surface area contributed by atoms with Crippen molar-refractivity contribution in [3.8, 4) is 0 Å². The maximum Gasteiger partial charge on any atom is 0.315 e. The molecule has 1 aliphatic carbocycles. The zero-order chi connectivity index (χ0) is 15.4. The summed E-state index contributed by atoms with van der Waals surface area (Å²) in [6.07, 6.45) is 7.35. The average Bonchev–Trinajstić information content (AvgIpc) is 2.99. The third-order valence-corrected chi connectivity index (χ3v) is 4.37. The van der Waals surface area contributed by atoms with Gasteiger partial charge in [-0.3, -0.25) is 4.68 Å². The molecule has 0 bridgehead atoms. The van der Waals surface area contributed by atoms with Crippen LogP contribution in [0.15, 0.2) is 12.4 Å². The van der Waals surface area contributed by atoms with Gasteiger partial charge in [-0.15, -0.1) is 0 Å². The van der Waals surface area contributed by atoms with E-state index in [1.807, 2.05) is 33.5 Å². The van der Waals surface area contributed by atoms with E-state index < -0.39 is 0 Å². The summed E-state index contributed by atoms with van der Waals surface area (Å²) in [7, 11) is 5.92. The molecule has 1 aromatic heterocycles. The number of hydrogen-bond acceptors (Lipinski definition) is 3. The molecule has 2 rings (SSSR count). The molecule has 0 saturated heterocycles. The van der Waals surface area contributed by atoms with Crippen LogP contribution in [0.5, 0.6) is 0 Å². The first-order valence-corrected chi connectivity index (χ1v) is 7.66. The summed E-state index contributed by atoms with van der Waals surface area (Å²) >= 11 is 0. The fourth-order valence-corrected chi connectivity index (χ4v) is 2.98. The van der Waals surface area contributed by atoms with Gasteiger partial charge in [-0.2, -0.15) is 5.10 Å². The van der Waals surface area contributed by atoms with E-state index in [4.69, 9.17) is 0 Å². The van der Waals surface area contributed by atoms with E-state index in [9.17, 15) is 4.79 Å². The molecule has 118 valence electrons. The van der Waals surface area contributed by atoms with Gasteiger partial charge in [-0.1, -0.05) is 13.3 Å². The Kier molecular flexibility index (Phi) is 5.22. The first kappa shape index (κ1) is 15.8. The zero-order valence-electron chi connectivity index (χ0n) is 13.5. The molecule has 0 spiro atoms. The minimum atomic E-state index is -0.0653. The number of likely N-dealkylation sites (N-methyl/N-ethyl adjacent to an activating group) is 1. The van der Waals surface area contributed by atoms with E-state index in [1.54, 1.807) is 4.68 Å². The Balaban J connectivity index is 1.85. The second kappa shape index (κ2) is 6.93. The highest BCUT2D eigenvalue weighted by Crippen LogP contribution is 2.24. The molecule has 2 N–H and O–H groups in total. The minimum Gasteiger partial charge on any atom is -0.336 e. The van der Waals surface area contributed by atoms with Crippen molar-refractivity contribution >= 4 is 6.03 Å². The molecule has 21 heavy (non-hydrogen) atoms. The molecule has 1 aliphatic rings. The summed E-state index contributed by atoms with van der Waals surface area (Å²) in [6, 6.07) is 0.385. The molecular formula is C15H27N5O. The monoisotopic (exact) mass is 293 g/mol. The van der Waals surface area contributed by atoms with Crippen LogP contribution in [-0.2, 0) is 7.05 Å². The molecule has 1 fully saturated rings. The summed E-state index contributed by atoms with van der Waals surface area (Å²) in [5.41, 5.74) is 1.11. The van der Waals surface area contributed by atoms with E-state index in [2.05, 4.69) is 27.6 Å². The maximum absolute atomic E-state index is 12.0. The van der Waals surface area contributed by atoms with Gasteiger partial charge in [-0.05, 0) is 32.9 Å². The van der Waals surface area contributed by atoms with Crippen molar-refractivity contribution in [2.45, 2.75) is 38.3 Å². The molecule has 1 aromatic rings. The average molecular weight is 293 g/mol. The van der Waals surface area contributed by atoms with Gasteiger partial charge < -0.3 is 15.5 Å². The molecule has 1 heterocycles. The van der Waals surface area contributed by atoms with Crippen LogP contribution < -0.4 is 10.6 Å². The lowest BCUT2D eigenvalue weighted by Gasteiger charge is -2.24. The number of amides is 2. The molecular weight excluding hydrogens is 266 g/mol. The molecule has 0 aliphatic heterocycles. The van der Waals surface area contributed by atoms with Crippen LogP contribution in [0.2, 0.25) is 0 Å². The Bertz CT molecular complexity index is 470. The first-order chi connectivity index (χ1) is 9.97. The van der Waals surface area contributed by atoms with Gasteiger partial charge in [0, 0.05) is 31.4 Å². The van der Waals surface area contributed by atoms with E-state index in [-0.39, 0.29) is 12.1 Å². The molecule has 2 amide bonds. The standard InChI is InChI=1S/C15H27N5O/c1-11-6-5-7-13(11)18-15(21)16-9-14(19(2)3)12-8-17-20(4)10-12/h8,10-11,13-14H,5-7,9H2,1-4H3,(H2,16,18,21)/t11-,13+,14-/m1/s1. The fraction of sp³-hybridized carbons (Fsp3) is 0.733. The SMILES string of the molecule is C[C@@H]1CCC[C@@H]1NC(=O)NC[C@H](c1cnn(C)c1)N(C)C. The van der Waals surface area contributed by atoms with Crippen LogP contribution in [0.4, 0.5) is 4.79 Å². The zero-order valence-corrected chi connectivity index (χ0v) is 13.5. The van der Waals surface area contributed by atoms with Gasteiger partial charge in [0.15, 0.2) is 0 Å². The predicted molar refractivity (Wildman–Crippen MR) is 83.0 cm³/mol.